The summed E-state index contributed by atoms with van der Waals surface area (Å²) in [4.78, 5) is 14.0. The van der Waals surface area contributed by atoms with E-state index >= 15 is 0 Å². The fraction of sp³-hybridized carbons (Fsp3) is 0.462. The molecule has 92 valence electrons. The maximum Gasteiger partial charge on any atom is 0.253 e. The molecule has 2 rings (SSSR count). The third-order valence-electron chi connectivity index (χ3n) is 3.29. The largest absolute Gasteiger partial charge is 0.393 e. The number of likely N-dealkylation sites (tertiary alicyclic amines) is 1. The van der Waals surface area contributed by atoms with Crippen molar-refractivity contribution in [2.24, 2.45) is 5.92 Å². The second-order valence-corrected chi connectivity index (χ2v) is 5.46. The number of nitrogens with zero attached hydrogens (tertiary/aromatic N) is 1. The predicted molar refractivity (Wildman–Crippen MR) is 69.8 cm³/mol. The summed E-state index contributed by atoms with van der Waals surface area (Å²) in [7, 11) is 0. The molecule has 1 aromatic carbocycles. The van der Waals surface area contributed by atoms with Crippen molar-refractivity contribution in [2.45, 2.75) is 19.4 Å². The standard InChI is InChI=1S/C13H16BrNO2/c1-9(16)11-6-7-15(8-11)13(17)10-2-4-12(14)5-3-10/h2-5,9,11,16H,6-8H2,1H3. The number of aliphatic hydroxyl groups excluding tert-OH is 1. The number of benzene rings is 1. The summed E-state index contributed by atoms with van der Waals surface area (Å²) in [5.41, 5.74) is 0.708. The molecule has 17 heavy (non-hydrogen) atoms. The monoisotopic (exact) mass is 297 g/mol. The second kappa shape index (κ2) is 5.19. The van der Waals surface area contributed by atoms with Gasteiger partial charge in [-0.15, -0.1) is 0 Å². The van der Waals surface area contributed by atoms with E-state index in [1.807, 2.05) is 29.2 Å². The van der Waals surface area contributed by atoms with E-state index in [0.29, 0.717) is 12.1 Å². The van der Waals surface area contributed by atoms with Crippen LogP contribution in [0.3, 0.4) is 0 Å². The minimum Gasteiger partial charge on any atom is -0.393 e. The first-order valence-electron chi connectivity index (χ1n) is 5.81. The molecule has 0 saturated carbocycles. The van der Waals surface area contributed by atoms with Gasteiger partial charge in [-0.05, 0) is 37.6 Å². The fourth-order valence-corrected chi connectivity index (χ4v) is 2.40. The molecular weight excluding hydrogens is 282 g/mol. The van der Waals surface area contributed by atoms with Crippen LogP contribution in [0, 0.1) is 5.92 Å². The summed E-state index contributed by atoms with van der Waals surface area (Å²) in [6, 6.07) is 7.38. The summed E-state index contributed by atoms with van der Waals surface area (Å²) < 4.78 is 0.970. The average Bonchev–Trinajstić information content (AvgIpc) is 2.78. The van der Waals surface area contributed by atoms with Gasteiger partial charge in [0.25, 0.3) is 5.91 Å². The normalized spacial score (nSPS) is 21.6. The second-order valence-electron chi connectivity index (χ2n) is 4.55. The molecule has 1 heterocycles. The Hall–Kier alpha value is -0.870. The van der Waals surface area contributed by atoms with Crippen molar-refractivity contribution in [2.75, 3.05) is 13.1 Å². The first-order chi connectivity index (χ1) is 8.08. The summed E-state index contributed by atoms with van der Waals surface area (Å²) in [6.07, 6.45) is 0.553. The van der Waals surface area contributed by atoms with Crippen molar-refractivity contribution in [3.8, 4) is 0 Å². The molecule has 1 amide bonds. The zero-order valence-electron chi connectivity index (χ0n) is 9.77. The number of carbonyl (C=O) groups is 1. The molecule has 0 bridgehead atoms. The van der Waals surface area contributed by atoms with Gasteiger partial charge in [0, 0.05) is 29.0 Å². The molecule has 3 nitrogen and oxygen atoms in total. The highest BCUT2D eigenvalue weighted by molar-refractivity contribution is 9.10. The lowest BCUT2D eigenvalue weighted by atomic mass is 10.0. The van der Waals surface area contributed by atoms with Crippen molar-refractivity contribution >= 4 is 21.8 Å². The van der Waals surface area contributed by atoms with Crippen molar-refractivity contribution in [1.29, 1.82) is 0 Å². The summed E-state index contributed by atoms with van der Waals surface area (Å²) in [5, 5.41) is 9.51. The van der Waals surface area contributed by atoms with Crippen LogP contribution in [0.5, 0.6) is 0 Å². The van der Waals surface area contributed by atoms with Crippen LogP contribution in [0.2, 0.25) is 0 Å². The van der Waals surface area contributed by atoms with E-state index in [2.05, 4.69) is 15.9 Å². The van der Waals surface area contributed by atoms with Crippen molar-refractivity contribution in [3.63, 3.8) is 0 Å². The van der Waals surface area contributed by atoms with E-state index in [4.69, 9.17) is 0 Å². The van der Waals surface area contributed by atoms with Crippen molar-refractivity contribution in [3.05, 3.63) is 34.3 Å². The van der Waals surface area contributed by atoms with Gasteiger partial charge in [-0.2, -0.15) is 0 Å². The van der Waals surface area contributed by atoms with Crippen LogP contribution in [-0.2, 0) is 0 Å². The highest BCUT2D eigenvalue weighted by Crippen LogP contribution is 2.22. The maximum atomic E-state index is 12.2. The smallest absolute Gasteiger partial charge is 0.253 e. The average molecular weight is 298 g/mol. The maximum absolute atomic E-state index is 12.2. The Morgan fingerprint density at radius 3 is 2.65 bits per heavy atom. The van der Waals surface area contributed by atoms with Crippen LogP contribution in [0.1, 0.15) is 23.7 Å². The number of halogens is 1. The van der Waals surface area contributed by atoms with Gasteiger partial charge in [-0.1, -0.05) is 15.9 Å². The lowest BCUT2D eigenvalue weighted by Gasteiger charge is -2.17. The Morgan fingerprint density at radius 1 is 1.47 bits per heavy atom. The topological polar surface area (TPSA) is 40.5 Å². The van der Waals surface area contributed by atoms with E-state index in [1.54, 1.807) is 6.92 Å². The van der Waals surface area contributed by atoms with E-state index in [9.17, 15) is 9.90 Å². The number of hydrogen-bond acceptors (Lipinski definition) is 2. The number of hydrogen-bond donors (Lipinski definition) is 1. The number of aliphatic hydroxyl groups is 1. The van der Waals surface area contributed by atoms with Gasteiger partial charge in [-0.3, -0.25) is 4.79 Å². The summed E-state index contributed by atoms with van der Waals surface area (Å²) in [5.74, 6) is 0.273. The molecular formula is C13H16BrNO2. The Kier molecular flexibility index (Phi) is 3.84. The zero-order chi connectivity index (χ0) is 12.4. The lowest BCUT2D eigenvalue weighted by Crippen LogP contribution is -2.30. The van der Waals surface area contributed by atoms with E-state index < -0.39 is 0 Å². The first kappa shape index (κ1) is 12.6. The minimum absolute atomic E-state index is 0.0562. The molecule has 0 radical (unpaired) electrons. The third-order valence-corrected chi connectivity index (χ3v) is 3.81. The van der Waals surface area contributed by atoms with Crippen LogP contribution in [-0.4, -0.2) is 35.1 Å². The molecule has 2 unspecified atom stereocenters. The Morgan fingerprint density at radius 2 is 2.12 bits per heavy atom. The molecule has 1 aromatic rings. The van der Waals surface area contributed by atoms with E-state index in [1.165, 1.54) is 0 Å². The summed E-state index contributed by atoms with van der Waals surface area (Å²) >= 11 is 3.35. The predicted octanol–water partition coefficient (Wildman–Crippen LogP) is 2.29. The van der Waals surface area contributed by atoms with Crippen LogP contribution in [0.4, 0.5) is 0 Å². The number of rotatable bonds is 2. The van der Waals surface area contributed by atoms with Gasteiger partial charge >= 0.3 is 0 Å². The number of carbonyl (C=O) groups excluding carboxylic acids is 1. The van der Waals surface area contributed by atoms with Crippen LogP contribution in [0.15, 0.2) is 28.7 Å². The molecule has 0 spiro atoms. The van der Waals surface area contributed by atoms with Gasteiger partial charge < -0.3 is 10.0 Å². The van der Waals surface area contributed by atoms with Gasteiger partial charge in [0.15, 0.2) is 0 Å². The molecule has 2 atom stereocenters. The van der Waals surface area contributed by atoms with Crippen LogP contribution >= 0.6 is 15.9 Å². The quantitative estimate of drug-likeness (QED) is 0.910. The molecule has 1 aliphatic heterocycles. The molecule has 1 saturated heterocycles. The Balaban J connectivity index is 2.04. The Labute approximate surface area is 110 Å². The fourth-order valence-electron chi connectivity index (χ4n) is 2.14. The first-order valence-corrected chi connectivity index (χ1v) is 6.60. The van der Waals surface area contributed by atoms with E-state index in [-0.39, 0.29) is 17.9 Å². The molecule has 4 heteroatoms. The highest BCUT2D eigenvalue weighted by atomic mass is 79.9. The van der Waals surface area contributed by atoms with Crippen LogP contribution in [0.25, 0.3) is 0 Å². The van der Waals surface area contributed by atoms with Gasteiger partial charge in [-0.25, -0.2) is 0 Å². The number of amides is 1. The third kappa shape index (κ3) is 2.87. The molecule has 1 fully saturated rings. The van der Waals surface area contributed by atoms with Crippen molar-refractivity contribution < 1.29 is 9.90 Å². The van der Waals surface area contributed by atoms with E-state index in [0.717, 1.165) is 17.4 Å². The molecule has 1 N–H and O–H groups in total. The van der Waals surface area contributed by atoms with Gasteiger partial charge in [0.1, 0.15) is 0 Å². The van der Waals surface area contributed by atoms with Gasteiger partial charge in [0.2, 0.25) is 0 Å². The zero-order valence-corrected chi connectivity index (χ0v) is 11.4. The molecule has 1 aliphatic rings. The molecule has 0 aliphatic carbocycles. The van der Waals surface area contributed by atoms with Crippen LogP contribution < -0.4 is 0 Å². The Bertz CT molecular complexity index is 402. The lowest BCUT2D eigenvalue weighted by molar-refractivity contribution is 0.0762. The van der Waals surface area contributed by atoms with Crippen molar-refractivity contribution in [1.82, 2.24) is 4.90 Å². The highest BCUT2D eigenvalue weighted by Gasteiger charge is 2.29. The molecule has 0 aromatic heterocycles. The summed E-state index contributed by atoms with van der Waals surface area (Å²) in [6.45, 7) is 3.19. The SMILES string of the molecule is CC(O)C1CCN(C(=O)c2ccc(Br)cc2)C1. The van der Waals surface area contributed by atoms with Gasteiger partial charge in [0.05, 0.1) is 6.10 Å². The minimum atomic E-state index is -0.335.